The fourth-order valence-corrected chi connectivity index (χ4v) is 2.16. The summed E-state index contributed by atoms with van der Waals surface area (Å²) in [5.74, 6) is -0.210. The number of fused-ring (bicyclic) bond motifs is 1. The van der Waals surface area contributed by atoms with Gasteiger partial charge >= 0.3 is 0 Å². The molecule has 3 rings (SSSR count). The largest absolute Gasteiger partial charge is 0.324 e. The van der Waals surface area contributed by atoms with Gasteiger partial charge in [-0.15, -0.1) is 5.10 Å². The van der Waals surface area contributed by atoms with E-state index in [1.807, 2.05) is 24.3 Å². The molecule has 1 N–H and O–H groups in total. The lowest BCUT2D eigenvalue weighted by Gasteiger charge is -2.06. The zero-order chi connectivity index (χ0) is 15.5. The van der Waals surface area contributed by atoms with Crippen LogP contribution in [0.1, 0.15) is 17.3 Å². The van der Waals surface area contributed by atoms with Crippen LogP contribution < -0.4 is 5.32 Å². The van der Waals surface area contributed by atoms with Crippen molar-refractivity contribution in [3.05, 3.63) is 54.1 Å². The summed E-state index contributed by atoms with van der Waals surface area (Å²) in [6.07, 6.45) is 0. The number of nitrogens with one attached hydrogen (secondary N) is 1. The van der Waals surface area contributed by atoms with Gasteiger partial charge in [-0.25, -0.2) is 4.68 Å². The average molecular weight is 294 g/mol. The number of rotatable bonds is 4. The summed E-state index contributed by atoms with van der Waals surface area (Å²) in [5.41, 5.74) is 2.81. The van der Waals surface area contributed by atoms with E-state index in [9.17, 15) is 9.59 Å². The predicted octanol–water partition coefficient (Wildman–Crippen LogP) is 2.27. The Morgan fingerprint density at radius 3 is 2.55 bits per heavy atom. The van der Waals surface area contributed by atoms with Crippen molar-refractivity contribution in [2.45, 2.75) is 13.5 Å². The zero-order valence-electron chi connectivity index (χ0n) is 12.0. The number of para-hydroxylation sites is 1. The first-order valence-corrected chi connectivity index (χ1v) is 6.82. The van der Waals surface area contributed by atoms with E-state index in [1.54, 1.807) is 28.9 Å². The minimum absolute atomic E-state index is 0.00744. The van der Waals surface area contributed by atoms with Gasteiger partial charge < -0.3 is 5.32 Å². The molecule has 0 radical (unpaired) electrons. The summed E-state index contributed by atoms with van der Waals surface area (Å²) in [6, 6.07) is 14.2. The van der Waals surface area contributed by atoms with Gasteiger partial charge in [-0.1, -0.05) is 17.3 Å². The van der Waals surface area contributed by atoms with E-state index in [4.69, 9.17) is 0 Å². The monoisotopic (exact) mass is 294 g/mol. The van der Waals surface area contributed by atoms with Crippen LogP contribution >= 0.6 is 0 Å². The molecule has 3 aromatic rings. The predicted molar refractivity (Wildman–Crippen MR) is 82.6 cm³/mol. The van der Waals surface area contributed by atoms with Crippen molar-refractivity contribution in [2.24, 2.45) is 0 Å². The Kier molecular flexibility index (Phi) is 3.65. The van der Waals surface area contributed by atoms with Crippen molar-refractivity contribution >= 4 is 28.4 Å². The summed E-state index contributed by atoms with van der Waals surface area (Å²) < 4.78 is 1.55. The van der Waals surface area contributed by atoms with Crippen LogP contribution in [0.15, 0.2) is 48.5 Å². The van der Waals surface area contributed by atoms with E-state index >= 15 is 0 Å². The third-order valence-corrected chi connectivity index (χ3v) is 3.29. The highest BCUT2D eigenvalue weighted by atomic mass is 16.2. The molecule has 0 fully saturated rings. The second-order valence-electron chi connectivity index (χ2n) is 4.92. The molecule has 6 nitrogen and oxygen atoms in total. The quantitative estimate of drug-likeness (QED) is 0.749. The molecule has 0 spiro atoms. The van der Waals surface area contributed by atoms with Gasteiger partial charge in [0.05, 0.1) is 5.52 Å². The maximum atomic E-state index is 12.1. The lowest BCUT2D eigenvalue weighted by molar-refractivity contribution is -0.116. The third-order valence-electron chi connectivity index (χ3n) is 3.29. The molecule has 1 aromatic heterocycles. The summed E-state index contributed by atoms with van der Waals surface area (Å²) >= 11 is 0. The van der Waals surface area contributed by atoms with E-state index in [1.165, 1.54) is 6.92 Å². The Balaban J connectivity index is 1.71. The summed E-state index contributed by atoms with van der Waals surface area (Å²) in [6.45, 7) is 1.58. The fraction of sp³-hybridized carbons (Fsp3) is 0.125. The van der Waals surface area contributed by atoms with Crippen LogP contribution in [-0.4, -0.2) is 26.7 Å². The number of ketones is 1. The van der Waals surface area contributed by atoms with Gasteiger partial charge in [0.2, 0.25) is 5.91 Å². The third kappa shape index (κ3) is 2.85. The number of nitrogens with zero attached hydrogens (tertiary/aromatic N) is 3. The van der Waals surface area contributed by atoms with Crippen LogP contribution in [0.25, 0.3) is 11.0 Å². The average Bonchev–Trinajstić information content (AvgIpc) is 2.91. The molecule has 1 heterocycles. The number of benzene rings is 2. The maximum Gasteiger partial charge on any atom is 0.246 e. The second kappa shape index (κ2) is 5.77. The molecule has 0 aliphatic rings. The van der Waals surface area contributed by atoms with Crippen molar-refractivity contribution in [1.82, 2.24) is 15.0 Å². The zero-order valence-corrected chi connectivity index (χ0v) is 12.0. The number of hydrogen-bond donors (Lipinski definition) is 1. The Morgan fingerprint density at radius 2 is 1.82 bits per heavy atom. The molecule has 0 bridgehead atoms. The molecule has 0 saturated carbocycles. The first-order chi connectivity index (χ1) is 10.6. The van der Waals surface area contributed by atoms with Gasteiger partial charge in [0, 0.05) is 11.3 Å². The van der Waals surface area contributed by atoms with Crippen molar-refractivity contribution < 1.29 is 9.59 Å². The van der Waals surface area contributed by atoms with Crippen LogP contribution in [0.2, 0.25) is 0 Å². The molecule has 22 heavy (non-hydrogen) atoms. The molecule has 0 aliphatic carbocycles. The molecule has 0 atom stereocenters. The van der Waals surface area contributed by atoms with Crippen molar-refractivity contribution in [3.63, 3.8) is 0 Å². The molecule has 2 aromatic carbocycles. The smallest absolute Gasteiger partial charge is 0.246 e. The molecule has 0 aliphatic heterocycles. The normalized spacial score (nSPS) is 10.6. The number of carbonyl (C=O) groups excluding carboxylic acids is 2. The molecule has 0 unspecified atom stereocenters. The molecule has 110 valence electrons. The van der Waals surface area contributed by atoms with Crippen molar-refractivity contribution in [3.8, 4) is 0 Å². The van der Waals surface area contributed by atoms with Gasteiger partial charge in [0.1, 0.15) is 12.1 Å². The number of aromatic nitrogens is 3. The fourth-order valence-electron chi connectivity index (χ4n) is 2.16. The van der Waals surface area contributed by atoms with Gasteiger partial charge in [-0.3, -0.25) is 9.59 Å². The van der Waals surface area contributed by atoms with Crippen LogP contribution in [0, 0.1) is 0 Å². The van der Waals surface area contributed by atoms with E-state index in [-0.39, 0.29) is 18.2 Å². The van der Waals surface area contributed by atoms with E-state index in [2.05, 4.69) is 15.6 Å². The first kappa shape index (κ1) is 13.9. The highest BCUT2D eigenvalue weighted by Gasteiger charge is 2.09. The minimum atomic E-state index is -0.203. The van der Waals surface area contributed by atoms with E-state index in [0.29, 0.717) is 11.3 Å². The number of Topliss-reactive ketones (excluding diaryl/α,β-unsaturated/α-hetero) is 1. The summed E-state index contributed by atoms with van der Waals surface area (Å²) in [5, 5.41) is 10.8. The van der Waals surface area contributed by atoms with Crippen LogP contribution in [0.5, 0.6) is 0 Å². The van der Waals surface area contributed by atoms with Crippen LogP contribution in [0.4, 0.5) is 5.69 Å². The van der Waals surface area contributed by atoms with Crippen molar-refractivity contribution in [2.75, 3.05) is 5.32 Å². The lowest BCUT2D eigenvalue weighted by atomic mass is 10.1. The minimum Gasteiger partial charge on any atom is -0.324 e. The molecule has 6 heteroatoms. The van der Waals surface area contributed by atoms with Crippen LogP contribution in [0.3, 0.4) is 0 Å². The second-order valence-corrected chi connectivity index (χ2v) is 4.92. The Bertz CT molecular complexity index is 837. The Labute approximate surface area is 126 Å². The maximum absolute atomic E-state index is 12.1. The number of carbonyl (C=O) groups is 2. The number of hydrogen-bond acceptors (Lipinski definition) is 4. The van der Waals surface area contributed by atoms with Crippen LogP contribution in [-0.2, 0) is 11.3 Å². The summed E-state index contributed by atoms with van der Waals surface area (Å²) in [7, 11) is 0. The highest BCUT2D eigenvalue weighted by Crippen LogP contribution is 2.12. The molecule has 1 amide bonds. The SMILES string of the molecule is CC(=O)c1ccc(NC(=O)Cn2nnc3ccccc32)cc1. The van der Waals surface area contributed by atoms with Gasteiger partial charge in [0.25, 0.3) is 0 Å². The molecular weight excluding hydrogens is 280 g/mol. The number of amides is 1. The first-order valence-electron chi connectivity index (χ1n) is 6.82. The topological polar surface area (TPSA) is 76.9 Å². The molecule has 0 saturated heterocycles. The standard InChI is InChI=1S/C16H14N4O2/c1-11(21)12-6-8-13(9-7-12)17-16(22)10-20-15-5-3-2-4-14(15)18-19-20/h2-9H,10H2,1H3,(H,17,22). The lowest BCUT2D eigenvalue weighted by Crippen LogP contribution is -2.19. The Hall–Kier alpha value is -3.02. The molecular formula is C16H14N4O2. The van der Waals surface area contributed by atoms with Gasteiger partial charge in [-0.05, 0) is 43.3 Å². The van der Waals surface area contributed by atoms with Gasteiger partial charge in [-0.2, -0.15) is 0 Å². The van der Waals surface area contributed by atoms with Gasteiger partial charge in [0.15, 0.2) is 5.78 Å². The van der Waals surface area contributed by atoms with E-state index < -0.39 is 0 Å². The van der Waals surface area contributed by atoms with E-state index in [0.717, 1.165) is 11.0 Å². The number of anilines is 1. The highest BCUT2D eigenvalue weighted by molar-refractivity contribution is 5.95. The summed E-state index contributed by atoms with van der Waals surface area (Å²) in [4.78, 5) is 23.3. The Morgan fingerprint density at radius 1 is 1.09 bits per heavy atom. The van der Waals surface area contributed by atoms with Crippen molar-refractivity contribution in [1.29, 1.82) is 0 Å².